The monoisotopic (exact) mass is 277 g/mol. The van der Waals surface area contributed by atoms with Gasteiger partial charge in [-0.25, -0.2) is 4.98 Å². The lowest BCUT2D eigenvalue weighted by atomic mass is 10.2. The summed E-state index contributed by atoms with van der Waals surface area (Å²) in [5.41, 5.74) is 1.50. The van der Waals surface area contributed by atoms with Crippen LogP contribution in [0.2, 0.25) is 0 Å². The van der Waals surface area contributed by atoms with Gasteiger partial charge in [-0.1, -0.05) is 0 Å². The Morgan fingerprint density at radius 3 is 2.74 bits per heavy atom. The predicted molar refractivity (Wildman–Crippen MR) is 74.3 cm³/mol. The number of methoxy groups -OCH3 is 1. The second-order valence-electron chi connectivity index (χ2n) is 4.06. The van der Waals surface area contributed by atoms with E-state index in [0.29, 0.717) is 23.7 Å². The fourth-order valence-corrected chi connectivity index (χ4v) is 2.46. The quantitative estimate of drug-likeness (QED) is 0.788. The number of benzene rings is 1. The minimum atomic E-state index is 0.368. The summed E-state index contributed by atoms with van der Waals surface area (Å²) in [5.74, 6) is 1.18. The van der Waals surface area contributed by atoms with Crippen LogP contribution in [0.5, 0.6) is 11.5 Å². The lowest BCUT2D eigenvalue weighted by Gasteiger charge is -2.08. The zero-order valence-corrected chi connectivity index (χ0v) is 11.9. The van der Waals surface area contributed by atoms with Crippen molar-refractivity contribution < 1.29 is 14.3 Å². The van der Waals surface area contributed by atoms with E-state index in [9.17, 15) is 4.79 Å². The van der Waals surface area contributed by atoms with E-state index in [1.807, 2.05) is 13.8 Å². The van der Waals surface area contributed by atoms with E-state index < -0.39 is 0 Å². The van der Waals surface area contributed by atoms with Crippen molar-refractivity contribution in [3.8, 4) is 11.5 Å². The highest BCUT2D eigenvalue weighted by Gasteiger charge is 2.08. The lowest BCUT2D eigenvalue weighted by molar-refractivity contribution is 0.111. The first-order valence-electron chi connectivity index (χ1n) is 5.83. The third-order valence-corrected chi connectivity index (χ3v) is 3.81. The average molecular weight is 277 g/mol. The van der Waals surface area contributed by atoms with Crippen molar-refractivity contribution in [1.29, 1.82) is 0 Å². The highest BCUT2D eigenvalue weighted by Crippen LogP contribution is 2.24. The molecule has 5 heteroatoms. The van der Waals surface area contributed by atoms with Crippen molar-refractivity contribution in [1.82, 2.24) is 4.98 Å². The molecule has 0 unspecified atom stereocenters. The number of carbonyl (C=O) groups is 1. The zero-order chi connectivity index (χ0) is 13.8. The Kier molecular flexibility index (Phi) is 4.16. The maximum absolute atomic E-state index is 11.0. The third kappa shape index (κ3) is 3.12. The van der Waals surface area contributed by atoms with Crippen LogP contribution in [0.3, 0.4) is 0 Å². The molecular weight excluding hydrogens is 262 g/mol. The number of rotatable bonds is 5. The van der Waals surface area contributed by atoms with E-state index in [4.69, 9.17) is 9.47 Å². The van der Waals surface area contributed by atoms with Gasteiger partial charge in [-0.2, -0.15) is 0 Å². The molecule has 2 rings (SSSR count). The van der Waals surface area contributed by atoms with Crippen LogP contribution in [0.15, 0.2) is 18.2 Å². The van der Waals surface area contributed by atoms with Crippen molar-refractivity contribution in [2.75, 3.05) is 7.11 Å². The Morgan fingerprint density at radius 1 is 1.37 bits per heavy atom. The summed E-state index contributed by atoms with van der Waals surface area (Å²) < 4.78 is 10.7. The van der Waals surface area contributed by atoms with Crippen LogP contribution in [0.1, 0.15) is 25.9 Å². The van der Waals surface area contributed by atoms with Gasteiger partial charge in [0.25, 0.3) is 0 Å². The summed E-state index contributed by atoms with van der Waals surface area (Å²) in [4.78, 5) is 16.6. The van der Waals surface area contributed by atoms with Crippen LogP contribution in [-0.4, -0.2) is 18.4 Å². The topological polar surface area (TPSA) is 48.4 Å². The molecule has 0 radical (unpaired) electrons. The Hall–Kier alpha value is -1.88. The Morgan fingerprint density at radius 2 is 2.16 bits per heavy atom. The molecule has 0 saturated heterocycles. The number of aldehydes is 1. The molecule has 0 fully saturated rings. The average Bonchev–Trinajstić information content (AvgIpc) is 2.75. The third-order valence-electron chi connectivity index (χ3n) is 2.77. The molecule has 0 aliphatic rings. The van der Waals surface area contributed by atoms with Gasteiger partial charge >= 0.3 is 0 Å². The molecule has 2 aromatic rings. The van der Waals surface area contributed by atoms with Gasteiger partial charge in [-0.05, 0) is 32.0 Å². The first-order valence-corrected chi connectivity index (χ1v) is 6.64. The first-order chi connectivity index (χ1) is 9.13. The van der Waals surface area contributed by atoms with Gasteiger partial charge in [-0.3, -0.25) is 4.79 Å². The second kappa shape index (κ2) is 5.84. The molecule has 19 heavy (non-hydrogen) atoms. The molecule has 0 aliphatic heterocycles. The molecule has 0 aliphatic carbocycles. The summed E-state index contributed by atoms with van der Waals surface area (Å²) in [6.45, 7) is 4.37. The number of hydrogen-bond acceptors (Lipinski definition) is 5. The molecule has 100 valence electrons. The molecule has 1 aromatic heterocycles. The standard InChI is InChI=1S/C14H15NO3S/c1-9-10(2)19-14(15-9)8-18-13-5-4-12(17-3)6-11(13)7-16/h4-7H,8H2,1-3H3. The van der Waals surface area contributed by atoms with Crippen LogP contribution in [-0.2, 0) is 6.61 Å². The fourth-order valence-electron chi connectivity index (χ4n) is 1.62. The molecule has 0 spiro atoms. The van der Waals surface area contributed by atoms with E-state index in [-0.39, 0.29) is 0 Å². The van der Waals surface area contributed by atoms with Gasteiger partial charge < -0.3 is 9.47 Å². The Labute approximate surface area is 116 Å². The largest absolute Gasteiger partial charge is 0.497 e. The summed E-state index contributed by atoms with van der Waals surface area (Å²) in [6, 6.07) is 5.15. The van der Waals surface area contributed by atoms with Crippen molar-refractivity contribution >= 4 is 17.6 Å². The Bertz CT molecular complexity index is 573. The second-order valence-corrected chi connectivity index (χ2v) is 5.35. The van der Waals surface area contributed by atoms with Crippen molar-refractivity contribution in [3.05, 3.63) is 39.3 Å². The van der Waals surface area contributed by atoms with Gasteiger partial charge in [-0.15, -0.1) is 11.3 Å². The van der Waals surface area contributed by atoms with E-state index >= 15 is 0 Å². The number of nitrogens with zero attached hydrogens (tertiary/aromatic N) is 1. The van der Waals surface area contributed by atoms with Gasteiger partial charge in [0.2, 0.25) is 0 Å². The minimum absolute atomic E-state index is 0.368. The lowest BCUT2D eigenvalue weighted by Crippen LogP contribution is -1.98. The number of aryl methyl sites for hydroxylation is 2. The molecule has 0 bridgehead atoms. The van der Waals surface area contributed by atoms with Gasteiger partial charge in [0.15, 0.2) is 6.29 Å². The van der Waals surface area contributed by atoms with Gasteiger partial charge in [0.1, 0.15) is 23.1 Å². The number of aromatic nitrogens is 1. The fraction of sp³-hybridized carbons (Fsp3) is 0.286. The van der Waals surface area contributed by atoms with Crippen LogP contribution in [0.4, 0.5) is 0 Å². The van der Waals surface area contributed by atoms with Crippen LogP contribution in [0, 0.1) is 13.8 Å². The summed E-state index contributed by atoms with van der Waals surface area (Å²) in [7, 11) is 1.56. The van der Waals surface area contributed by atoms with Gasteiger partial charge in [0.05, 0.1) is 18.4 Å². The highest BCUT2D eigenvalue weighted by molar-refractivity contribution is 7.11. The van der Waals surface area contributed by atoms with Crippen molar-refractivity contribution in [2.45, 2.75) is 20.5 Å². The smallest absolute Gasteiger partial charge is 0.153 e. The van der Waals surface area contributed by atoms with Crippen molar-refractivity contribution in [3.63, 3.8) is 0 Å². The first kappa shape index (κ1) is 13.5. The number of carbonyl (C=O) groups excluding carboxylic acids is 1. The molecule has 0 N–H and O–H groups in total. The maximum atomic E-state index is 11.0. The van der Waals surface area contributed by atoms with E-state index in [2.05, 4.69) is 4.98 Å². The van der Waals surface area contributed by atoms with Crippen LogP contribution >= 0.6 is 11.3 Å². The molecule has 1 heterocycles. The van der Waals surface area contributed by atoms with Crippen molar-refractivity contribution in [2.24, 2.45) is 0 Å². The molecule has 1 aromatic carbocycles. The van der Waals surface area contributed by atoms with E-state index in [1.54, 1.807) is 36.6 Å². The summed E-state index contributed by atoms with van der Waals surface area (Å²) in [6.07, 6.45) is 0.760. The van der Waals surface area contributed by atoms with E-state index in [0.717, 1.165) is 17.0 Å². The zero-order valence-electron chi connectivity index (χ0n) is 11.1. The number of hydrogen-bond donors (Lipinski definition) is 0. The summed E-state index contributed by atoms with van der Waals surface area (Å²) in [5, 5.41) is 0.905. The number of ether oxygens (including phenoxy) is 2. The molecule has 0 amide bonds. The summed E-state index contributed by atoms with van der Waals surface area (Å²) >= 11 is 1.61. The van der Waals surface area contributed by atoms with E-state index in [1.165, 1.54) is 4.88 Å². The number of thiazole rings is 1. The van der Waals surface area contributed by atoms with Gasteiger partial charge in [0, 0.05) is 4.88 Å². The SMILES string of the molecule is COc1ccc(OCc2nc(C)c(C)s2)c(C=O)c1. The minimum Gasteiger partial charge on any atom is -0.497 e. The maximum Gasteiger partial charge on any atom is 0.153 e. The molecular formula is C14H15NO3S. The Balaban J connectivity index is 2.12. The normalized spacial score (nSPS) is 10.3. The highest BCUT2D eigenvalue weighted by atomic mass is 32.1. The molecule has 4 nitrogen and oxygen atoms in total. The van der Waals surface area contributed by atoms with Crippen LogP contribution in [0.25, 0.3) is 0 Å². The van der Waals surface area contributed by atoms with Crippen LogP contribution < -0.4 is 9.47 Å². The molecule has 0 atom stereocenters. The predicted octanol–water partition coefficient (Wildman–Crippen LogP) is 3.16. The molecule has 0 saturated carbocycles.